The van der Waals surface area contributed by atoms with Crippen molar-refractivity contribution in [3.63, 3.8) is 0 Å². The fourth-order valence-electron chi connectivity index (χ4n) is 3.24. The van der Waals surface area contributed by atoms with E-state index in [2.05, 4.69) is 20.2 Å². The van der Waals surface area contributed by atoms with Crippen molar-refractivity contribution in [2.75, 3.05) is 0 Å². The van der Waals surface area contributed by atoms with Crippen molar-refractivity contribution < 1.29 is 4.74 Å². The van der Waals surface area contributed by atoms with E-state index in [0.717, 1.165) is 44.9 Å². The maximum atomic E-state index is 5.99. The second-order valence-corrected chi connectivity index (χ2v) is 6.33. The van der Waals surface area contributed by atoms with Gasteiger partial charge < -0.3 is 4.74 Å². The number of H-pyrrole nitrogens is 1. The highest BCUT2D eigenvalue weighted by Gasteiger charge is 2.15. The highest BCUT2D eigenvalue weighted by molar-refractivity contribution is 6.02. The molecule has 5 heteroatoms. The maximum absolute atomic E-state index is 5.99. The number of para-hydroxylation sites is 1. The molecule has 0 aliphatic heterocycles. The third-order valence-electron chi connectivity index (χ3n) is 4.52. The van der Waals surface area contributed by atoms with E-state index >= 15 is 0 Å². The molecule has 0 aliphatic rings. The molecule has 0 atom stereocenters. The number of ether oxygens (including phenoxy) is 1. The zero-order valence-corrected chi connectivity index (χ0v) is 14.9. The lowest BCUT2D eigenvalue weighted by Gasteiger charge is -2.09. The lowest BCUT2D eigenvalue weighted by molar-refractivity contribution is 0.483. The van der Waals surface area contributed by atoms with E-state index in [1.165, 1.54) is 0 Å². The van der Waals surface area contributed by atoms with Gasteiger partial charge in [0.1, 0.15) is 17.2 Å². The molecule has 0 spiro atoms. The molecule has 2 aromatic carbocycles. The second-order valence-electron chi connectivity index (χ2n) is 6.33. The minimum absolute atomic E-state index is 0.761. The first-order valence-corrected chi connectivity index (χ1v) is 8.95. The first-order chi connectivity index (χ1) is 13.9. The molecule has 1 N–H and O–H groups in total. The fraction of sp³-hybridized carbons (Fsp3) is 0. The molecule has 0 saturated heterocycles. The van der Waals surface area contributed by atoms with Gasteiger partial charge in [-0.3, -0.25) is 15.1 Å². The topological polar surface area (TPSA) is 63.7 Å². The summed E-state index contributed by atoms with van der Waals surface area (Å²) in [4.78, 5) is 8.75. The Bertz CT molecular complexity index is 1230. The van der Waals surface area contributed by atoms with E-state index in [9.17, 15) is 0 Å². The van der Waals surface area contributed by atoms with Crippen molar-refractivity contribution in [3.8, 4) is 34.0 Å². The molecule has 5 rings (SSSR count). The number of nitrogens with zero attached hydrogens (tertiary/aromatic N) is 3. The van der Waals surface area contributed by atoms with E-state index in [0.29, 0.717) is 0 Å². The Kier molecular flexibility index (Phi) is 4.03. The number of aromatic amines is 1. The Morgan fingerprint density at radius 2 is 1.50 bits per heavy atom. The molecule has 134 valence electrons. The maximum Gasteiger partial charge on any atom is 0.128 e. The zero-order valence-electron chi connectivity index (χ0n) is 14.9. The number of nitrogens with one attached hydrogen (secondary N) is 1. The Labute approximate surface area is 161 Å². The molecule has 0 bridgehead atoms. The number of benzene rings is 2. The van der Waals surface area contributed by atoms with Crippen LogP contribution in [0.3, 0.4) is 0 Å². The number of aromatic nitrogens is 4. The van der Waals surface area contributed by atoms with E-state index in [1.807, 2.05) is 72.8 Å². The standard InChI is InChI=1S/C23H16N4O/c1-2-6-18(7-3-1)28-19-8-4-5-17(15-19)22-21-20(11-14-25-22)26-27-23(21)16-9-12-24-13-10-16/h1-15H,(H,26,27). The summed E-state index contributed by atoms with van der Waals surface area (Å²) in [5.41, 5.74) is 4.61. The molecule has 5 aromatic rings. The summed E-state index contributed by atoms with van der Waals surface area (Å²) in [5, 5.41) is 8.60. The van der Waals surface area contributed by atoms with E-state index in [4.69, 9.17) is 4.74 Å². The van der Waals surface area contributed by atoms with Crippen molar-refractivity contribution in [1.29, 1.82) is 0 Å². The molecule has 3 aromatic heterocycles. The van der Waals surface area contributed by atoms with Crippen molar-refractivity contribution in [2.45, 2.75) is 0 Å². The van der Waals surface area contributed by atoms with Crippen LogP contribution in [0.5, 0.6) is 11.5 Å². The van der Waals surface area contributed by atoms with Gasteiger partial charge in [0, 0.05) is 29.7 Å². The third kappa shape index (κ3) is 2.99. The largest absolute Gasteiger partial charge is 0.457 e. The summed E-state index contributed by atoms with van der Waals surface area (Å²) in [6, 6.07) is 23.5. The Morgan fingerprint density at radius 3 is 2.36 bits per heavy atom. The van der Waals surface area contributed by atoms with Gasteiger partial charge in [-0.1, -0.05) is 30.3 Å². The van der Waals surface area contributed by atoms with E-state index in [1.54, 1.807) is 18.6 Å². The molecule has 3 heterocycles. The Morgan fingerprint density at radius 1 is 0.679 bits per heavy atom. The van der Waals surface area contributed by atoms with Gasteiger partial charge in [0.15, 0.2) is 0 Å². The lowest BCUT2D eigenvalue weighted by atomic mass is 10.0. The minimum Gasteiger partial charge on any atom is -0.457 e. The van der Waals surface area contributed by atoms with Crippen LogP contribution in [0.25, 0.3) is 33.4 Å². The molecular formula is C23H16N4O. The first kappa shape index (κ1) is 16.2. The van der Waals surface area contributed by atoms with Gasteiger partial charge in [-0.15, -0.1) is 0 Å². The molecule has 0 aliphatic carbocycles. The minimum atomic E-state index is 0.761. The normalized spacial score (nSPS) is 10.9. The van der Waals surface area contributed by atoms with Crippen LogP contribution in [-0.2, 0) is 0 Å². The van der Waals surface area contributed by atoms with Gasteiger partial charge >= 0.3 is 0 Å². The van der Waals surface area contributed by atoms with Crippen molar-refractivity contribution >= 4 is 10.9 Å². The molecule has 0 saturated carbocycles. The van der Waals surface area contributed by atoms with E-state index < -0.39 is 0 Å². The van der Waals surface area contributed by atoms with Crippen LogP contribution in [0.1, 0.15) is 0 Å². The number of rotatable bonds is 4. The average molecular weight is 364 g/mol. The van der Waals surface area contributed by atoms with Crippen LogP contribution < -0.4 is 4.74 Å². The molecule has 0 amide bonds. The smallest absolute Gasteiger partial charge is 0.128 e. The Balaban J connectivity index is 1.62. The van der Waals surface area contributed by atoms with Crippen LogP contribution >= 0.6 is 0 Å². The Hall–Kier alpha value is -3.99. The van der Waals surface area contributed by atoms with Gasteiger partial charge in [0.25, 0.3) is 0 Å². The van der Waals surface area contributed by atoms with Crippen LogP contribution in [0.2, 0.25) is 0 Å². The molecule has 5 nitrogen and oxygen atoms in total. The number of pyridine rings is 2. The van der Waals surface area contributed by atoms with E-state index in [-0.39, 0.29) is 0 Å². The molecule has 0 unspecified atom stereocenters. The second kappa shape index (κ2) is 6.96. The summed E-state index contributed by atoms with van der Waals surface area (Å²) in [6.45, 7) is 0. The van der Waals surface area contributed by atoms with Crippen LogP contribution in [0.15, 0.2) is 91.4 Å². The summed E-state index contributed by atoms with van der Waals surface area (Å²) in [6.07, 6.45) is 5.32. The molecule has 28 heavy (non-hydrogen) atoms. The highest BCUT2D eigenvalue weighted by Crippen LogP contribution is 2.35. The van der Waals surface area contributed by atoms with Crippen LogP contribution in [0.4, 0.5) is 0 Å². The predicted octanol–water partition coefficient (Wildman–Crippen LogP) is 5.48. The zero-order chi connectivity index (χ0) is 18.8. The van der Waals surface area contributed by atoms with Crippen molar-refractivity contribution in [1.82, 2.24) is 20.2 Å². The lowest BCUT2D eigenvalue weighted by Crippen LogP contribution is -1.89. The summed E-state index contributed by atoms with van der Waals surface area (Å²) >= 11 is 0. The quantitative estimate of drug-likeness (QED) is 0.459. The van der Waals surface area contributed by atoms with Gasteiger partial charge in [-0.2, -0.15) is 5.10 Å². The van der Waals surface area contributed by atoms with Gasteiger partial charge in [0.05, 0.1) is 16.6 Å². The number of fused-ring (bicyclic) bond motifs is 1. The fourth-order valence-corrected chi connectivity index (χ4v) is 3.24. The van der Waals surface area contributed by atoms with Crippen LogP contribution in [0, 0.1) is 0 Å². The highest BCUT2D eigenvalue weighted by atomic mass is 16.5. The van der Waals surface area contributed by atoms with Crippen molar-refractivity contribution in [3.05, 3.63) is 91.4 Å². The van der Waals surface area contributed by atoms with Crippen molar-refractivity contribution in [2.24, 2.45) is 0 Å². The monoisotopic (exact) mass is 364 g/mol. The number of hydrogen-bond donors (Lipinski definition) is 1. The predicted molar refractivity (Wildman–Crippen MR) is 109 cm³/mol. The summed E-state index contributed by atoms with van der Waals surface area (Å²) < 4.78 is 5.99. The van der Waals surface area contributed by atoms with Gasteiger partial charge in [-0.05, 0) is 42.5 Å². The van der Waals surface area contributed by atoms with Gasteiger partial charge in [-0.25, -0.2) is 0 Å². The molecule has 0 radical (unpaired) electrons. The molecule has 0 fully saturated rings. The average Bonchev–Trinajstić information content (AvgIpc) is 3.20. The van der Waals surface area contributed by atoms with Crippen LogP contribution in [-0.4, -0.2) is 20.2 Å². The van der Waals surface area contributed by atoms with Gasteiger partial charge in [0.2, 0.25) is 0 Å². The third-order valence-corrected chi connectivity index (χ3v) is 4.52. The summed E-state index contributed by atoms with van der Waals surface area (Å²) in [7, 11) is 0. The first-order valence-electron chi connectivity index (χ1n) is 8.95. The SMILES string of the molecule is c1ccc(Oc2cccc(-c3nccc4[nH]nc(-c5ccncc5)c34)c2)cc1. The number of hydrogen-bond acceptors (Lipinski definition) is 4. The summed E-state index contributed by atoms with van der Waals surface area (Å²) in [5.74, 6) is 1.56. The molecular weight excluding hydrogens is 348 g/mol.